The van der Waals surface area contributed by atoms with Gasteiger partial charge in [-0.25, -0.2) is 9.28 Å². The summed E-state index contributed by atoms with van der Waals surface area (Å²) in [6.45, 7) is 15.4. The van der Waals surface area contributed by atoms with Gasteiger partial charge in [0.05, 0.1) is 30.1 Å². The lowest BCUT2D eigenvalue weighted by Gasteiger charge is -2.42. The lowest BCUT2D eigenvalue weighted by molar-refractivity contribution is -0.131. The topological polar surface area (TPSA) is 42.3 Å². The van der Waals surface area contributed by atoms with Crippen LogP contribution in [0.1, 0.15) is 124 Å². The molecule has 1 aromatic heterocycles. The van der Waals surface area contributed by atoms with Crippen LogP contribution in [0.25, 0.3) is 10.9 Å². The van der Waals surface area contributed by atoms with E-state index in [4.69, 9.17) is 11.6 Å². The number of carbonyl (C=O) groups excluding carboxylic acids is 2. The monoisotopic (exact) mass is 574 g/mol. The number of hydrogen-bond donors (Lipinski definition) is 0. The Morgan fingerprint density at radius 2 is 1.57 bits per heavy atom. The zero-order valence-corrected chi connectivity index (χ0v) is 27.4. The third-order valence-electron chi connectivity index (χ3n) is 8.86. The van der Waals surface area contributed by atoms with Crippen LogP contribution < -0.4 is 4.48 Å². The Morgan fingerprint density at radius 3 is 2.20 bits per heavy atom. The SMILES string of the molecule is CCCCC(CCCCCCC(=O)N(C)CCCC)[N+](CCCC)(C(C)=O)c1c(C)n(CC)c2ccc(Cl)cc12. The molecule has 0 aliphatic carbocycles. The van der Waals surface area contributed by atoms with Crippen LogP contribution in [-0.2, 0) is 16.1 Å². The minimum Gasteiger partial charge on any atom is -0.346 e. The molecule has 2 atom stereocenters. The number of unbranched alkanes of at least 4 members (excludes halogenated alkanes) is 6. The van der Waals surface area contributed by atoms with Crippen molar-refractivity contribution in [2.24, 2.45) is 0 Å². The number of amides is 2. The minimum absolute atomic E-state index is 0.236. The molecule has 0 spiro atoms. The lowest BCUT2D eigenvalue weighted by Crippen LogP contribution is -2.61. The second kappa shape index (κ2) is 17.2. The van der Waals surface area contributed by atoms with Crippen molar-refractivity contribution in [3.8, 4) is 0 Å². The number of carbonyl (C=O) groups is 2. The molecule has 0 aliphatic heterocycles. The van der Waals surface area contributed by atoms with Crippen molar-refractivity contribution in [3.05, 3.63) is 28.9 Å². The predicted molar refractivity (Wildman–Crippen MR) is 173 cm³/mol. The average Bonchev–Trinajstić information content (AvgIpc) is 3.21. The maximum absolute atomic E-state index is 14.0. The summed E-state index contributed by atoms with van der Waals surface area (Å²) in [7, 11) is 1.93. The lowest BCUT2D eigenvalue weighted by atomic mass is 9.95. The predicted octanol–water partition coefficient (Wildman–Crippen LogP) is 9.43. The van der Waals surface area contributed by atoms with Crippen molar-refractivity contribution in [2.75, 3.05) is 20.1 Å². The van der Waals surface area contributed by atoms with E-state index in [1.54, 1.807) is 0 Å². The van der Waals surface area contributed by atoms with E-state index >= 15 is 0 Å². The number of halogens is 1. The third-order valence-corrected chi connectivity index (χ3v) is 9.09. The summed E-state index contributed by atoms with van der Waals surface area (Å²) in [6.07, 6.45) is 13.4. The standard InChI is InChI=1S/C34H57ClN3O2/c1-8-12-19-30(20-17-15-16-18-21-33(40)36(7)24-13-9-2)38(28(6)39,25-14-10-3)34-27(5)37(11-4)32-23-22-29(35)26-31(32)34/h22-23,26,30H,8-21,24-25H2,1-7H3/q+1. The molecule has 0 saturated carbocycles. The van der Waals surface area contributed by atoms with Gasteiger partial charge in [0.25, 0.3) is 0 Å². The largest absolute Gasteiger partial charge is 0.346 e. The van der Waals surface area contributed by atoms with Gasteiger partial charge >= 0.3 is 5.91 Å². The van der Waals surface area contributed by atoms with Crippen LogP contribution >= 0.6 is 11.6 Å². The van der Waals surface area contributed by atoms with Crippen molar-refractivity contribution in [3.63, 3.8) is 0 Å². The quantitative estimate of drug-likeness (QED) is 0.124. The van der Waals surface area contributed by atoms with Crippen LogP contribution in [0.3, 0.4) is 0 Å². The molecule has 0 N–H and O–H groups in total. The van der Waals surface area contributed by atoms with E-state index < -0.39 is 0 Å². The van der Waals surface area contributed by atoms with Gasteiger partial charge in [0, 0.05) is 44.4 Å². The van der Waals surface area contributed by atoms with Crippen LogP contribution in [0.2, 0.25) is 5.02 Å². The summed E-state index contributed by atoms with van der Waals surface area (Å²) < 4.78 is 2.78. The number of quaternary nitrogens is 1. The molecule has 2 unspecified atom stereocenters. The van der Waals surface area contributed by atoms with Crippen molar-refractivity contribution in [1.82, 2.24) is 14.0 Å². The Labute approximate surface area is 249 Å². The number of hydrogen-bond acceptors (Lipinski definition) is 2. The molecule has 0 fully saturated rings. The summed E-state index contributed by atoms with van der Waals surface area (Å²) in [4.78, 5) is 28.3. The molecule has 0 aliphatic rings. The molecule has 0 saturated heterocycles. The molecule has 5 nitrogen and oxygen atoms in total. The molecule has 2 rings (SSSR count). The number of aryl methyl sites for hydroxylation is 1. The Hall–Kier alpha value is -1.85. The van der Waals surface area contributed by atoms with Crippen molar-refractivity contribution in [2.45, 2.75) is 138 Å². The van der Waals surface area contributed by atoms with Crippen LogP contribution in [0.4, 0.5) is 5.69 Å². The van der Waals surface area contributed by atoms with E-state index in [0.717, 1.165) is 107 Å². The first kappa shape index (κ1) is 34.4. The van der Waals surface area contributed by atoms with Gasteiger partial charge in [0.1, 0.15) is 6.04 Å². The second-order valence-electron chi connectivity index (χ2n) is 11.7. The van der Waals surface area contributed by atoms with Gasteiger partial charge in [-0.2, -0.15) is 0 Å². The summed E-state index contributed by atoms with van der Waals surface area (Å²) in [6, 6.07) is 6.40. The highest BCUT2D eigenvalue weighted by Gasteiger charge is 2.46. The Morgan fingerprint density at radius 1 is 0.925 bits per heavy atom. The van der Waals surface area contributed by atoms with E-state index in [0.29, 0.717) is 10.9 Å². The summed E-state index contributed by atoms with van der Waals surface area (Å²) in [5, 5.41) is 1.85. The van der Waals surface area contributed by atoms with Gasteiger partial charge in [-0.1, -0.05) is 64.5 Å². The highest BCUT2D eigenvalue weighted by Crippen LogP contribution is 2.43. The van der Waals surface area contributed by atoms with Crippen molar-refractivity contribution < 1.29 is 9.59 Å². The number of rotatable bonds is 19. The number of fused-ring (bicyclic) bond motifs is 1. The molecule has 1 heterocycles. The fourth-order valence-electron chi connectivity index (χ4n) is 6.55. The van der Waals surface area contributed by atoms with Crippen molar-refractivity contribution >= 4 is 40.0 Å². The van der Waals surface area contributed by atoms with Gasteiger partial charge in [-0.3, -0.25) is 4.79 Å². The molecule has 1 aromatic carbocycles. The number of nitrogens with zero attached hydrogens (tertiary/aromatic N) is 3. The van der Waals surface area contributed by atoms with E-state index in [9.17, 15) is 9.59 Å². The molecule has 40 heavy (non-hydrogen) atoms. The van der Waals surface area contributed by atoms with Gasteiger partial charge in [0.2, 0.25) is 5.91 Å². The first-order valence-electron chi connectivity index (χ1n) is 16.1. The van der Waals surface area contributed by atoms with Crippen LogP contribution in [0.15, 0.2) is 18.2 Å². The van der Waals surface area contributed by atoms with Gasteiger partial charge < -0.3 is 9.47 Å². The van der Waals surface area contributed by atoms with Gasteiger partial charge in [0.15, 0.2) is 5.69 Å². The highest BCUT2D eigenvalue weighted by atomic mass is 35.5. The van der Waals surface area contributed by atoms with Gasteiger partial charge in [-0.15, -0.1) is 0 Å². The summed E-state index contributed by atoms with van der Waals surface area (Å²) >= 11 is 6.56. The number of aromatic nitrogens is 1. The van der Waals surface area contributed by atoms with Crippen molar-refractivity contribution in [1.29, 1.82) is 0 Å². The fraction of sp³-hybridized carbons (Fsp3) is 0.706. The minimum atomic E-state index is 0.236. The zero-order chi connectivity index (χ0) is 29.7. The van der Waals surface area contributed by atoms with Crippen LogP contribution in [0, 0.1) is 6.92 Å². The van der Waals surface area contributed by atoms with Crippen LogP contribution in [0.5, 0.6) is 0 Å². The normalized spacial score (nSPS) is 13.9. The molecule has 0 radical (unpaired) electrons. The van der Waals surface area contributed by atoms with E-state index in [-0.39, 0.29) is 17.9 Å². The smallest absolute Gasteiger partial charge is 0.315 e. The molecule has 0 bridgehead atoms. The Kier molecular flexibility index (Phi) is 14.8. The maximum atomic E-state index is 14.0. The Bertz CT molecular complexity index is 1080. The molecular weight excluding hydrogens is 518 g/mol. The summed E-state index contributed by atoms with van der Waals surface area (Å²) in [5.74, 6) is 0.510. The Balaban J connectivity index is 2.35. The van der Waals surface area contributed by atoms with E-state index in [1.165, 1.54) is 16.9 Å². The first-order valence-corrected chi connectivity index (χ1v) is 16.5. The maximum Gasteiger partial charge on any atom is 0.315 e. The zero-order valence-electron chi connectivity index (χ0n) is 26.7. The second-order valence-corrected chi connectivity index (χ2v) is 12.2. The van der Waals surface area contributed by atoms with E-state index in [2.05, 4.69) is 51.3 Å². The van der Waals surface area contributed by atoms with Crippen LogP contribution in [-0.4, -0.2) is 47.5 Å². The third kappa shape index (κ3) is 8.35. The molecular formula is C34H57ClN3O2+. The number of benzene rings is 1. The molecule has 6 heteroatoms. The van der Waals surface area contributed by atoms with Gasteiger partial charge in [-0.05, 0) is 64.2 Å². The summed E-state index contributed by atoms with van der Waals surface area (Å²) in [5.41, 5.74) is 3.53. The molecule has 226 valence electrons. The highest BCUT2D eigenvalue weighted by molar-refractivity contribution is 6.31. The molecule has 2 amide bonds. The van der Waals surface area contributed by atoms with E-state index in [1.807, 2.05) is 24.9 Å². The molecule has 2 aromatic rings. The average molecular weight is 575 g/mol. The first-order chi connectivity index (χ1) is 19.2. The fourth-order valence-corrected chi connectivity index (χ4v) is 6.72.